The van der Waals surface area contributed by atoms with E-state index >= 15 is 0 Å². The van der Waals surface area contributed by atoms with Gasteiger partial charge in [0.1, 0.15) is 12.1 Å². The van der Waals surface area contributed by atoms with Crippen LogP contribution in [-0.4, -0.2) is 57.7 Å². The SMILES string of the molecule is CCNC(=NCc1ccnc(-n2ccnc2)c1)N1CCC(OCC)CC1.I. The Bertz CT molecular complexity index is 698. The number of halogens is 1. The molecule has 0 radical (unpaired) electrons. The van der Waals surface area contributed by atoms with Crippen LogP contribution in [0, 0.1) is 0 Å². The minimum atomic E-state index is 0. The second-order valence-electron chi connectivity index (χ2n) is 6.30. The zero-order valence-electron chi connectivity index (χ0n) is 16.0. The fourth-order valence-corrected chi connectivity index (χ4v) is 3.16. The molecule has 1 aliphatic rings. The maximum Gasteiger partial charge on any atom is 0.194 e. The third-order valence-corrected chi connectivity index (χ3v) is 4.47. The van der Waals surface area contributed by atoms with E-state index in [1.807, 2.05) is 23.0 Å². The number of ether oxygens (including phenoxy) is 1. The highest BCUT2D eigenvalue weighted by Gasteiger charge is 2.21. The normalized spacial score (nSPS) is 15.5. The second kappa shape index (κ2) is 11.2. The Labute approximate surface area is 178 Å². The molecule has 1 fully saturated rings. The topological polar surface area (TPSA) is 67.6 Å². The lowest BCUT2D eigenvalue weighted by Gasteiger charge is -2.34. The largest absolute Gasteiger partial charge is 0.378 e. The van der Waals surface area contributed by atoms with E-state index in [2.05, 4.69) is 40.1 Å². The number of rotatable bonds is 6. The van der Waals surface area contributed by atoms with Crippen molar-refractivity contribution < 1.29 is 4.74 Å². The second-order valence-corrected chi connectivity index (χ2v) is 6.30. The summed E-state index contributed by atoms with van der Waals surface area (Å²) in [5, 5.41) is 3.42. The number of hydrogen-bond donors (Lipinski definition) is 1. The summed E-state index contributed by atoms with van der Waals surface area (Å²) in [6.45, 7) is 8.40. The lowest BCUT2D eigenvalue weighted by molar-refractivity contribution is 0.0263. The number of aliphatic imine (C=N–C) groups is 1. The molecule has 0 aliphatic carbocycles. The van der Waals surface area contributed by atoms with E-state index in [9.17, 15) is 0 Å². The number of aromatic nitrogens is 3. The van der Waals surface area contributed by atoms with Crippen LogP contribution in [0.15, 0.2) is 42.0 Å². The number of nitrogens with one attached hydrogen (secondary N) is 1. The Morgan fingerprint density at radius 3 is 2.78 bits per heavy atom. The highest BCUT2D eigenvalue weighted by atomic mass is 127. The number of pyridine rings is 1. The minimum Gasteiger partial charge on any atom is -0.378 e. The molecular formula is C19H29IN6O. The number of nitrogens with zero attached hydrogens (tertiary/aromatic N) is 5. The van der Waals surface area contributed by atoms with Gasteiger partial charge in [0, 0.05) is 44.8 Å². The maximum absolute atomic E-state index is 5.75. The first kappa shape index (κ1) is 21.6. The number of imidazole rings is 1. The maximum atomic E-state index is 5.75. The summed E-state index contributed by atoms with van der Waals surface area (Å²) >= 11 is 0. The summed E-state index contributed by atoms with van der Waals surface area (Å²) in [6.07, 6.45) is 9.71. The molecule has 3 rings (SSSR count). The van der Waals surface area contributed by atoms with Crippen molar-refractivity contribution >= 4 is 29.9 Å². The van der Waals surface area contributed by atoms with Crippen LogP contribution in [0.5, 0.6) is 0 Å². The molecule has 1 saturated heterocycles. The quantitative estimate of drug-likeness (QED) is 0.388. The Kier molecular flexibility index (Phi) is 8.99. The first-order chi connectivity index (χ1) is 12.8. The number of guanidine groups is 1. The molecule has 2 aromatic rings. The van der Waals surface area contributed by atoms with E-state index in [4.69, 9.17) is 9.73 Å². The van der Waals surface area contributed by atoms with Crippen LogP contribution in [0.2, 0.25) is 0 Å². The van der Waals surface area contributed by atoms with Gasteiger partial charge in [-0.2, -0.15) is 0 Å². The molecule has 2 aromatic heterocycles. The van der Waals surface area contributed by atoms with Crippen molar-refractivity contribution in [3.05, 3.63) is 42.6 Å². The van der Waals surface area contributed by atoms with Gasteiger partial charge in [-0.05, 0) is 44.4 Å². The van der Waals surface area contributed by atoms with Crippen LogP contribution < -0.4 is 5.32 Å². The smallest absolute Gasteiger partial charge is 0.194 e. The summed E-state index contributed by atoms with van der Waals surface area (Å²) < 4.78 is 7.65. The molecule has 3 heterocycles. The Balaban J connectivity index is 0.00000261. The van der Waals surface area contributed by atoms with Gasteiger partial charge in [0.05, 0.1) is 12.6 Å². The fraction of sp³-hybridized carbons (Fsp3) is 0.526. The standard InChI is InChI=1S/C19H28N6O.HI/c1-3-21-19(24-10-6-17(7-11-24)26-4-2)23-14-16-5-8-22-18(13-16)25-12-9-20-15-25;/h5,8-9,12-13,15,17H,3-4,6-7,10-11,14H2,1-2H3,(H,21,23);1H. The summed E-state index contributed by atoms with van der Waals surface area (Å²) in [5.74, 6) is 1.83. The van der Waals surface area contributed by atoms with E-state index in [0.29, 0.717) is 12.6 Å². The molecule has 0 unspecified atom stereocenters. The van der Waals surface area contributed by atoms with E-state index in [1.54, 1.807) is 12.5 Å². The molecule has 0 saturated carbocycles. The average molecular weight is 484 g/mol. The first-order valence-electron chi connectivity index (χ1n) is 9.38. The van der Waals surface area contributed by atoms with Gasteiger partial charge in [0.15, 0.2) is 5.96 Å². The van der Waals surface area contributed by atoms with Crippen molar-refractivity contribution in [1.82, 2.24) is 24.8 Å². The molecule has 7 nitrogen and oxygen atoms in total. The lowest BCUT2D eigenvalue weighted by Crippen LogP contribution is -2.47. The third-order valence-electron chi connectivity index (χ3n) is 4.47. The fourth-order valence-electron chi connectivity index (χ4n) is 3.16. The van der Waals surface area contributed by atoms with Crippen molar-refractivity contribution in [2.24, 2.45) is 4.99 Å². The Hall–Kier alpha value is -1.68. The van der Waals surface area contributed by atoms with E-state index in [-0.39, 0.29) is 24.0 Å². The summed E-state index contributed by atoms with van der Waals surface area (Å²) in [5.41, 5.74) is 1.13. The molecule has 0 amide bonds. The molecule has 1 N–H and O–H groups in total. The van der Waals surface area contributed by atoms with E-state index in [1.165, 1.54) is 0 Å². The summed E-state index contributed by atoms with van der Waals surface area (Å²) in [7, 11) is 0. The Morgan fingerprint density at radius 1 is 1.30 bits per heavy atom. The van der Waals surface area contributed by atoms with Crippen molar-refractivity contribution in [3.8, 4) is 5.82 Å². The van der Waals surface area contributed by atoms with Crippen molar-refractivity contribution in [2.75, 3.05) is 26.2 Å². The van der Waals surface area contributed by atoms with Crippen LogP contribution in [0.4, 0.5) is 0 Å². The van der Waals surface area contributed by atoms with Crippen LogP contribution in [0.25, 0.3) is 5.82 Å². The molecule has 8 heteroatoms. The van der Waals surface area contributed by atoms with Crippen molar-refractivity contribution in [1.29, 1.82) is 0 Å². The van der Waals surface area contributed by atoms with Crippen LogP contribution in [-0.2, 0) is 11.3 Å². The molecule has 0 bridgehead atoms. The van der Waals surface area contributed by atoms with Gasteiger partial charge in [0.2, 0.25) is 0 Å². The van der Waals surface area contributed by atoms with E-state index < -0.39 is 0 Å². The molecular weight excluding hydrogens is 455 g/mol. The number of likely N-dealkylation sites (tertiary alicyclic amines) is 1. The molecule has 0 aromatic carbocycles. The van der Waals surface area contributed by atoms with Crippen LogP contribution >= 0.6 is 24.0 Å². The van der Waals surface area contributed by atoms with Gasteiger partial charge in [-0.25, -0.2) is 15.0 Å². The minimum absolute atomic E-state index is 0. The first-order valence-corrected chi connectivity index (χ1v) is 9.38. The number of piperidine rings is 1. The number of hydrogen-bond acceptors (Lipinski definition) is 4. The monoisotopic (exact) mass is 484 g/mol. The molecule has 0 atom stereocenters. The Morgan fingerprint density at radius 2 is 2.11 bits per heavy atom. The molecule has 148 valence electrons. The molecule has 27 heavy (non-hydrogen) atoms. The van der Waals surface area contributed by atoms with Crippen LogP contribution in [0.3, 0.4) is 0 Å². The molecule has 0 spiro atoms. The van der Waals surface area contributed by atoms with Gasteiger partial charge < -0.3 is 15.0 Å². The third kappa shape index (κ3) is 6.17. The zero-order chi connectivity index (χ0) is 18.2. The predicted molar refractivity (Wildman–Crippen MR) is 118 cm³/mol. The van der Waals surface area contributed by atoms with Crippen molar-refractivity contribution in [3.63, 3.8) is 0 Å². The van der Waals surface area contributed by atoms with Gasteiger partial charge in [-0.1, -0.05) is 0 Å². The van der Waals surface area contributed by atoms with Crippen molar-refractivity contribution in [2.45, 2.75) is 39.3 Å². The van der Waals surface area contributed by atoms with Gasteiger partial charge in [-0.3, -0.25) is 4.57 Å². The summed E-state index contributed by atoms with van der Waals surface area (Å²) in [4.78, 5) is 15.6. The van der Waals surface area contributed by atoms with Crippen LogP contribution in [0.1, 0.15) is 32.3 Å². The summed E-state index contributed by atoms with van der Waals surface area (Å²) in [6, 6.07) is 4.06. The van der Waals surface area contributed by atoms with E-state index in [0.717, 1.165) is 56.4 Å². The van der Waals surface area contributed by atoms with Gasteiger partial charge >= 0.3 is 0 Å². The average Bonchev–Trinajstić information content (AvgIpc) is 3.21. The lowest BCUT2D eigenvalue weighted by atomic mass is 10.1. The highest BCUT2D eigenvalue weighted by Crippen LogP contribution is 2.14. The zero-order valence-corrected chi connectivity index (χ0v) is 18.4. The molecule has 1 aliphatic heterocycles. The highest BCUT2D eigenvalue weighted by molar-refractivity contribution is 14.0. The van der Waals surface area contributed by atoms with Gasteiger partial charge in [0.25, 0.3) is 0 Å². The van der Waals surface area contributed by atoms with Gasteiger partial charge in [-0.15, -0.1) is 24.0 Å². The predicted octanol–water partition coefficient (Wildman–Crippen LogP) is 2.85.